The van der Waals surface area contributed by atoms with Crippen molar-refractivity contribution in [3.05, 3.63) is 40.7 Å². The monoisotopic (exact) mass is 366 g/mol. The quantitative estimate of drug-likeness (QED) is 0.834. The molecule has 0 bridgehead atoms. The maximum atomic E-state index is 12.9. The maximum absolute atomic E-state index is 12.9. The van der Waals surface area contributed by atoms with E-state index in [4.69, 9.17) is 11.6 Å². The first-order valence-electron chi connectivity index (χ1n) is 8.14. The van der Waals surface area contributed by atoms with E-state index in [1.165, 1.54) is 17.1 Å². The fourth-order valence-corrected chi connectivity index (χ4v) is 5.16. The van der Waals surface area contributed by atoms with Gasteiger partial charge in [-0.1, -0.05) is 22.9 Å². The third-order valence-electron chi connectivity index (χ3n) is 4.86. The van der Waals surface area contributed by atoms with Crippen LogP contribution < -0.4 is 0 Å². The molecule has 1 aromatic carbocycles. The number of nitrogens with zero attached hydrogens (tertiary/aromatic N) is 4. The van der Waals surface area contributed by atoms with Crippen LogP contribution >= 0.6 is 11.6 Å². The molecule has 1 unspecified atom stereocenters. The van der Waals surface area contributed by atoms with Crippen LogP contribution in [0.25, 0.3) is 0 Å². The molecular formula is C16H19ClN4O2S. The average molecular weight is 367 g/mol. The summed E-state index contributed by atoms with van der Waals surface area (Å²) in [6.07, 6.45) is 5.07. The molecule has 0 amide bonds. The van der Waals surface area contributed by atoms with Gasteiger partial charge in [-0.3, -0.25) is 0 Å². The van der Waals surface area contributed by atoms with Gasteiger partial charge in [0.15, 0.2) is 0 Å². The van der Waals surface area contributed by atoms with Crippen molar-refractivity contribution in [3.8, 4) is 0 Å². The number of hydrogen-bond acceptors (Lipinski definition) is 4. The van der Waals surface area contributed by atoms with E-state index >= 15 is 0 Å². The Morgan fingerprint density at radius 3 is 2.79 bits per heavy atom. The van der Waals surface area contributed by atoms with Crippen molar-refractivity contribution in [1.29, 1.82) is 0 Å². The van der Waals surface area contributed by atoms with Crippen molar-refractivity contribution < 1.29 is 8.42 Å². The second kappa shape index (κ2) is 5.82. The van der Waals surface area contributed by atoms with Gasteiger partial charge in [-0.25, -0.2) is 13.1 Å². The number of rotatable bonds is 4. The Kier molecular flexibility index (Phi) is 3.89. The number of benzene rings is 1. The largest absolute Gasteiger partial charge is 0.248 e. The molecular weight excluding hydrogens is 348 g/mol. The van der Waals surface area contributed by atoms with E-state index in [1.54, 1.807) is 25.1 Å². The summed E-state index contributed by atoms with van der Waals surface area (Å²) < 4.78 is 29.2. The summed E-state index contributed by atoms with van der Waals surface area (Å²) in [5, 5.41) is 8.90. The summed E-state index contributed by atoms with van der Waals surface area (Å²) >= 11 is 6.08. The Labute approximate surface area is 146 Å². The van der Waals surface area contributed by atoms with Crippen molar-refractivity contribution in [2.24, 2.45) is 0 Å². The van der Waals surface area contributed by atoms with Crippen LogP contribution in [0.1, 0.15) is 42.5 Å². The van der Waals surface area contributed by atoms with E-state index in [-0.39, 0.29) is 10.9 Å². The fourth-order valence-electron chi connectivity index (χ4n) is 3.19. The first-order chi connectivity index (χ1) is 11.5. The normalized spacial score (nSPS) is 22.2. The molecule has 8 heteroatoms. The number of halogens is 1. The minimum atomic E-state index is -3.54. The first kappa shape index (κ1) is 16.1. The van der Waals surface area contributed by atoms with Gasteiger partial charge in [-0.2, -0.15) is 4.31 Å². The van der Waals surface area contributed by atoms with Gasteiger partial charge in [0.05, 0.1) is 16.6 Å². The highest BCUT2D eigenvalue weighted by Crippen LogP contribution is 2.39. The highest BCUT2D eigenvalue weighted by Gasteiger charge is 2.35. The van der Waals surface area contributed by atoms with Crippen molar-refractivity contribution in [2.75, 3.05) is 13.1 Å². The molecule has 24 heavy (non-hydrogen) atoms. The van der Waals surface area contributed by atoms with Crippen LogP contribution in [0, 0.1) is 6.92 Å². The van der Waals surface area contributed by atoms with E-state index in [9.17, 15) is 8.42 Å². The second-order valence-electron chi connectivity index (χ2n) is 6.57. The summed E-state index contributed by atoms with van der Waals surface area (Å²) in [6, 6.07) is 5.04. The lowest BCUT2D eigenvalue weighted by atomic mass is 10.2. The molecule has 1 aromatic heterocycles. The van der Waals surface area contributed by atoms with E-state index in [0.29, 0.717) is 29.6 Å². The lowest BCUT2D eigenvalue weighted by Gasteiger charge is -2.18. The predicted octanol–water partition coefficient (Wildman–Crippen LogP) is 2.75. The Balaban J connectivity index is 1.55. The molecule has 1 aliphatic heterocycles. The molecule has 0 radical (unpaired) electrons. The van der Waals surface area contributed by atoms with Gasteiger partial charge in [0, 0.05) is 30.2 Å². The Hall–Kier alpha value is -1.44. The molecule has 2 aromatic rings. The minimum Gasteiger partial charge on any atom is -0.248 e. The van der Waals surface area contributed by atoms with Gasteiger partial charge in [0.2, 0.25) is 10.0 Å². The fraction of sp³-hybridized carbons (Fsp3) is 0.500. The van der Waals surface area contributed by atoms with Crippen LogP contribution in [0.3, 0.4) is 0 Å². The van der Waals surface area contributed by atoms with Crippen LogP contribution in [0.4, 0.5) is 0 Å². The zero-order valence-corrected chi connectivity index (χ0v) is 15.0. The van der Waals surface area contributed by atoms with Crippen molar-refractivity contribution >= 4 is 21.6 Å². The SMILES string of the molecule is Cc1c(Cl)cccc1S(=O)(=O)N1CCC(n2cc(C3CC3)nn2)C1. The number of hydrogen-bond donors (Lipinski definition) is 0. The third-order valence-corrected chi connectivity index (χ3v) is 7.28. The Bertz CT molecular complexity index is 876. The molecule has 2 aliphatic rings. The summed E-state index contributed by atoms with van der Waals surface area (Å²) in [5.74, 6) is 0.550. The van der Waals surface area contributed by atoms with Crippen molar-refractivity contribution in [1.82, 2.24) is 19.3 Å². The molecule has 1 atom stereocenters. The molecule has 0 spiro atoms. The van der Waals surface area contributed by atoms with E-state index < -0.39 is 10.0 Å². The Morgan fingerprint density at radius 1 is 1.25 bits per heavy atom. The third kappa shape index (κ3) is 2.74. The summed E-state index contributed by atoms with van der Waals surface area (Å²) in [4.78, 5) is 0.285. The van der Waals surface area contributed by atoms with Gasteiger partial charge < -0.3 is 0 Å². The second-order valence-corrected chi connectivity index (χ2v) is 8.88. The smallest absolute Gasteiger partial charge is 0.243 e. The standard InChI is InChI=1S/C16H19ClN4O2S/c1-11-14(17)3-2-4-16(11)24(22,23)20-8-7-13(9-20)21-10-15(18-19-21)12-5-6-12/h2-4,10,12-13H,5-9H2,1H3. The van der Waals surface area contributed by atoms with Crippen LogP contribution in [0.5, 0.6) is 0 Å². The number of sulfonamides is 1. The van der Waals surface area contributed by atoms with E-state index in [1.807, 2.05) is 10.9 Å². The highest BCUT2D eigenvalue weighted by molar-refractivity contribution is 7.89. The molecule has 4 rings (SSSR count). The van der Waals surface area contributed by atoms with Gasteiger partial charge in [-0.15, -0.1) is 5.10 Å². The van der Waals surface area contributed by atoms with E-state index in [0.717, 1.165) is 12.1 Å². The topological polar surface area (TPSA) is 68.1 Å². The molecule has 2 heterocycles. The van der Waals surface area contributed by atoms with Crippen LogP contribution in [0.2, 0.25) is 5.02 Å². The van der Waals surface area contributed by atoms with Crippen LogP contribution in [-0.4, -0.2) is 40.8 Å². The Morgan fingerprint density at radius 2 is 2.04 bits per heavy atom. The molecule has 6 nitrogen and oxygen atoms in total. The lowest BCUT2D eigenvalue weighted by molar-refractivity contribution is 0.428. The van der Waals surface area contributed by atoms with Crippen LogP contribution in [0.15, 0.2) is 29.3 Å². The molecule has 128 valence electrons. The zero-order valence-electron chi connectivity index (χ0n) is 13.4. The predicted molar refractivity (Wildman–Crippen MR) is 90.6 cm³/mol. The lowest BCUT2D eigenvalue weighted by Crippen LogP contribution is -2.30. The minimum absolute atomic E-state index is 0.0410. The van der Waals surface area contributed by atoms with E-state index in [2.05, 4.69) is 10.3 Å². The van der Waals surface area contributed by atoms with Crippen molar-refractivity contribution in [3.63, 3.8) is 0 Å². The molecule has 2 fully saturated rings. The summed E-state index contributed by atoms with van der Waals surface area (Å²) in [5.41, 5.74) is 1.63. The molecule has 1 saturated carbocycles. The van der Waals surface area contributed by atoms with Gasteiger partial charge in [0.25, 0.3) is 0 Å². The summed E-state index contributed by atoms with van der Waals surface area (Å²) in [7, 11) is -3.54. The molecule has 1 aliphatic carbocycles. The maximum Gasteiger partial charge on any atom is 0.243 e. The molecule has 1 saturated heterocycles. The molecule has 0 N–H and O–H groups in total. The van der Waals surface area contributed by atoms with Crippen molar-refractivity contribution in [2.45, 2.75) is 43.0 Å². The van der Waals surface area contributed by atoms with Gasteiger partial charge in [-0.05, 0) is 43.9 Å². The van der Waals surface area contributed by atoms with Gasteiger partial charge >= 0.3 is 0 Å². The first-order valence-corrected chi connectivity index (χ1v) is 9.95. The summed E-state index contributed by atoms with van der Waals surface area (Å²) in [6.45, 7) is 2.64. The van der Waals surface area contributed by atoms with Gasteiger partial charge in [0.1, 0.15) is 0 Å². The highest BCUT2D eigenvalue weighted by atomic mass is 35.5. The van der Waals surface area contributed by atoms with Crippen LogP contribution in [-0.2, 0) is 10.0 Å². The number of aromatic nitrogens is 3. The average Bonchev–Trinajstić information content (AvgIpc) is 3.09. The zero-order chi connectivity index (χ0) is 16.9.